The molecule has 0 saturated carbocycles. The van der Waals surface area contributed by atoms with Crippen LogP contribution in [0.1, 0.15) is 0 Å². The molecular formula is H8GaInNbSn. The van der Waals surface area contributed by atoms with Gasteiger partial charge < -0.3 is 0 Å². The molecule has 0 unspecified atom stereocenters. The van der Waals surface area contributed by atoms with E-state index in [1.807, 2.05) is 0 Å². The van der Waals surface area contributed by atoms with E-state index in [-0.39, 0.29) is 91.9 Å². The SMILES string of the molecule is [GaH3].[InH3].[Nb].[SnH2]. The van der Waals surface area contributed by atoms with Crippen molar-refractivity contribution in [2.75, 3.05) is 0 Å². The number of hydrogen-bond donors (Lipinski definition) is 0. The molecule has 0 aromatic heterocycles. The van der Waals surface area contributed by atoms with E-state index in [1.54, 1.807) is 0 Å². The summed E-state index contributed by atoms with van der Waals surface area (Å²) in [5.74, 6) is 0. The van der Waals surface area contributed by atoms with Crippen LogP contribution in [0.2, 0.25) is 0 Å². The van der Waals surface area contributed by atoms with Crippen LogP contribution in [-0.4, -0.2) is 69.5 Å². The average molecular weight is 404 g/mol. The molecule has 0 amide bonds. The molecule has 0 aliphatic rings. The second-order valence-corrected chi connectivity index (χ2v) is 0. The Morgan fingerprint density at radius 3 is 1.00 bits per heavy atom. The van der Waals surface area contributed by atoms with E-state index >= 15 is 0 Å². The first-order chi connectivity index (χ1) is 0. The molecule has 0 rings (SSSR count). The van der Waals surface area contributed by atoms with Crippen molar-refractivity contribution < 1.29 is 22.4 Å². The summed E-state index contributed by atoms with van der Waals surface area (Å²) >= 11 is 0. The molecule has 0 atom stereocenters. The summed E-state index contributed by atoms with van der Waals surface area (Å²) in [6.07, 6.45) is 0. The Kier molecular flexibility index (Phi) is 115. The summed E-state index contributed by atoms with van der Waals surface area (Å²) < 4.78 is 0. The van der Waals surface area contributed by atoms with Gasteiger partial charge in [0.15, 0.2) is 0 Å². The molecule has 3 radical (unpaired) electrons. The summed E-state index contributed by atoms with van der Waals surface area (Å²) in [4.78, 5) is 0. The molecule has 0 nitrogen and oxygen atoms in total. The van der Waals surface area contributed by atoms with Crippen LogP contribution in [0, 0.1) is 0 Å². The van der Waals surface area contributed by atoms with E-state index in [2.05, 4.69) is 0 Å². The van der Waals surface area contributed by atoms with Gasteiger partial charge in [0.2, 0.25) is 0 Å². The maximum absolute atomic E-state index is 0. The van der Waals surface area contributed by atoms with Crippen molar-refractivity contribution in [3.05, 3.63) is 0 Å². The average Bonchev–Trinajstić information content (AvgIpc) is 0. The molecule has 0 spiro atoms. The van der Waals surface area contributed by atoms with Gasteiger partial charge in [0, 0.05) is 22.4 Å². The predicted octanol–water partition coefficient (Wildman–Crippen LogP) is -3.29. The van der Waals surface area contributed by atoms with Crippen LogP contribution >= 0.6 is 0 Å². The fraction of sp³-hybridized carbons (Fsp3) is 0. The summed E-state index contributed by atoms with van der Waals surface area (Å²) in [6.45, 7) is 0. The molecule has 0 aromatic rings. The summed E-state index contributed by atoms with van der Waals surface area (Å²) in [6, 6.07) is 0. The Morgan fingerprint density at radius 2 is 1.00 bits per heavy atom. The van der Waals surface area contributed by atoms with E-state index in [1.165, 1.54) is 0 Å². The van der Waals surface area contributed by atoms with Crippen LogP contribution in [0.5, 0.6) is 0 Å². The monoisotopic (exact) mass is 405 g/mol. The van der Waals surface area contributed by atoms with Crippen molar-refractivity contribution in [3.63, 3.8) is 0 Å². The molecule has 0 bridgehead atoms. The first kappa shape index (κ1) is 27.8. The molecule has 23 valence electrons. The van der Waals surface area contributed by atoms with E-state index in [9.17, 15) is 0 Å². The van der Waals surface area contributed by atoms with Crippen molar-refractivity contribution in [1.82, 2.24) is 0 Å². The van der Waals surface area contributed by atoms with E-state index in [0.717, 1.165) is 0 Å². The normalized spacial score (nSPS) is 0. The van der Waals surface area contributed by atoms with Gasteiger partial charge in [-0.1, -0.05) is 0 Å². The van der Waals surface area contributed by atoms with Gasteiger partial charge in [-0.2, -0.15) is 0 Å². The minimum atomic E-state index is 0. The van der Waals surface area contributed by atoms with E-state index in [0.29, 0.717) is 0 Å². The van der Waals surface area contributed by atoms with Gasteiger partial charge in [-0.05, 0) is 0 Å². The van der Waals surface area contributed by atoms with E-state index in [4.69, 9.17) is 0 Å². The Balaban J connectivity index is 0. The van der Waals surface area contributed by atoms with Crippen molar-refractivity contribution in [1.29, 1.82) is 0 Å². The third kappa shape index (κ3) is 8.90. The molecule has 0 aromatic carbocycles. The van der Waals surface area contributed by atoms with Crippen LogP contribution in [0.4, 0.5) is 0 Å². The van der Waals surface area contributed by atoms with Crippen LogP contribution in [-0.2, 0) is 22.4 Å². The Hall–Kier alpha value is 3.05. The van der Waals surface area contributed by atoms with Gasteiger partial charge in [-0.25, -0.2) is 0 Å². The van der Waals surface area contributed by atoms with Gasteiger partial charge in [0.05, 0.1) is 0 Å². The zero-order valence-corrected chi connectivity index (χ0v) is 7.39. The zero-order valence-electron chi connectivity index (χ0n) is 1.15. The molecule has 0 aliphatic carbocycles. The fourth-order valence-electron chi connectivity index (χ4n) is 0. The Bertz CT molecular complexity index is 8.00. The van der Waals surface area contributed by atoms with Gasteiger partial charge in [0.1, 0.15) is 0 Å². The van der Waals surface area contributed by atoms with Crippen LogP contribution in [0.25, 0.3) is 0 Å². The van der Waals surface area contributed by atoms with Crippen molar-refractivity contribution in [3.8, 4) is 0 Å². The second kappa shape index (κ2) is 16.6. The third-order valence-electron chi connectivity index (χ3n) is 0. The maximum atomic E-state index is 0. The molecule has 0 saturated heterocycles. The zero-order chi connectivity index (χ0) is 0. The van der Waals surface area contributed by atoms with Crippen LogP contribution in [0.3, 0.4) is 0 Å². The van der Waals surface area contributed by atoms with Gasteiger partial charge >= 0.3 is 69.5 Å². The van der Waals surface area contributed by atoms with Gasteiger partial charge in [-0.15, -0.1) is 0 Å². The molecule has 0 N–H and O–H groups in total. The van der Waals surface area contributed by atoms with Crippen LogP contribution in [0.15, 0.2) is 0 Å². The molecule has 0 fully saturated rings. The van der Waals surface area contributed by atoms with Crippen LogP contribution < -0.4 is 0 Å². The fourth-order valence-corrected chi connectivity index (χ4v) is 0. The van der Waals surface area contributed by atoms with E-state index < -0.39 is 0 Å². The summed E-state index contributed by atoms with van der Waals surface area (Å²) in [7, 11) is 0. The molecule has 4 heavy (non-hydrogen) atoms. The number of rotatable bonds is 0. The topological polar surface area (TPSA) is 0 Å². The molecule has 4 heteroatoms. The Labute approximate surface area is 90.2 Å². The number of hydrogen-bond acceptors (Lipinski definition) is 0. The standard InChI is InChI=1S/Ga.In.Nb.Sn.8H. The van der Waals surface area contributed by atoms with Crippen molar-refractivity contribution >= 4 is 69.5 Å². The first-order valence-electron chi connectivity index (χ1n) is 0. The van der Waals surface area contributed by atoms with Crippen molar-refractivity contribution in [2.24, 2.45) is 0 Å². The van der Waals surface area contributed by atoms with Crippen molar-refractivity contribution in [2.45, 2.75) is 0 Å². The quantitative estimate of drug-likeness (QED) is 0.372. The Morgan fingerprint density at radius 1 is 1.00 bits per heavy atom. The summed E-state index contributed by atoms with van der Waals surface area (Å²) in [5.41, 5.74) is 0. The second-order valence-electron chi connectivity index (χ2n) is 0. The summed E-state index contributed by atoms with van der Waals surface area (Å²) in [5, 5.41) is 0. The molecule has 0 aliphatic heterocycles. The van der Waals surface area contributed by atoms with Gasteiger partial charge in [0.25, 0.3) is 0 Å². The predicted molar refractivity (Wildman–Crippen MR) is 28.4 cm³/mol. The molecule has 0 heterocycles. The van der Waals surface area contributed by atoms with Gasteiger partial charge in [-0.3, -0.25) is 0 Å². The minimum absolute atomic E-state index is 0. The third-order valence-corrected chi connectivity index (χ3v) is 0. The molecular weight excluding hydrogens is 396 g/mol. The first-order valence-corrected chi connectivity index (χ1v) is 0.